The van der Waals surface area contributed by atoms with Crippen LogP contribution in [0.4, 0.5) is 0 Å². The Hall–Kier alpha value is -0.950. The maximum atomic E-state index is 12.2. The average molecular weight is 331 g/mol. The van der Waals surface area contributed by atoms with Crippen molar-refractivity contribution in [1.29, 1.82) is 0 Å². The van der Waals surface area contributed by atoms with Crippen molar-refractivity contribution >= 4 is 32.8 Å². The third-order valence-corrected chi connectivity index (χ3v) is 5.91. The van der Waals surface area contributed by atoms with Crippen LogP contribution in [-0.4, -0.2) is 19.2 Å². The summed E-state index contributed by atoms with van der Waals surface area (Å²) in [5.41, 5.74) is 6.91. The lowest BCUT2D eigenvalue weighted by atomic mass is 10.2. The summed E-state index contributed by atoms with van der Waals surface area (Å²) in [7, 11) is -3.33. The highest BCUT2D eigenvalue weighted by Gasteiger charge is 2.20. The third kappa shape index (κ3) is 3.03. The van der Waals surface area contributed by atoms with Crippen molar-refractivity contribution in [2.45, 2.75) is 24.8 Å². The molecule has 0 radical (unpaired) electrons. The summed E-state index contributed by atoms with van der Waals surface area (Å²) in [6, 6.07) is 4.55. The van der Waals surface area contributed by atoms with Crippen molar-refractivity contribution in [3.8, 4) is 11.3 Å². The van der Waals surface area contributed by atoms with Gasteiger partial charge in [0.25, 0.3) is 0 Å². The van der Waals surface area contributed by atoms with Crippen molar-refractivity contribution in [2.24, 2.45) is 5.73 Å². The molecule has 108 valence electrons. The van der Waals surface area contributed by atoms with Gasteiger partial charge in [0.05, 0.1) is 22.4 Å². The Bertz CT molecular complexity index is 724. The van der Waals surface area contributed by atoms with Gasteiger partial charge in [-0.25, -0.2) is 13.4 Å². The molecule has 20 heavy (non-hydrogen) atoms. The highest BCUT2D eigenvalue weighted by molar-refractivity contribution is 7.91. The number of nitrogens with zero attached hydrogens (tertiary/aromatic N) is 1. The van der Waals surface area contributed by atoms with Gasteiger partial charge in [0, 0.05) is 16.0 Å². The van der Waals surface area contributed by atoms with E-state index in [9.17, 15) is 8.42 Å². The van der Waals surface area contributed by atoms with E-state index in [1.807, 2.05) is 6.92 Å². The molecule has 1 atom stereocenters. The molecule has 1 aromatic heterocycles. The maximum absolute atomic E-state index is 12.2. The molecule has 0 saturated heterocycles. The second kappa shape index (κ2) is 5.81. The van der Waals surface area contributed by atoms with Gasteiger partial charge in [-0.2, -0.15) is 0 Å². The minimum absolute atomic E-state index is 0.0336. The van der Waals surface area contributed by atoms with Gasteiger partial charge >= 0.3 is 0 Å². The zero-order valence-corrected chi connectivity index (χ0v) is 13.5. The van der Waals surface area contributed by atoms with Crippen LogP contribution in [0.3, 0.4) is 0 Å². The topological polar surface area (TPSA) is 73.0 Å². The SMILES string of the molecule is CCS(=O)(=O)c1ccc(Cl)cc1-c1csc(C(C)N)n1. The number of nitrogens with two attached hydrogens (primary N) is 1. The Labute approximate surface area is 127 Å². The number of sulfone groups is 1. The first kappa shape index (κ1) is 15.4. The number of hydrogen-bond acceptors (Lipinski definition) is 5. The average Bonchev–Trinajstić information content (AvgIpc) is 2.88. The number of hydrogen-bond donors (Lipinski definition) is 1. The van der Waals surface area contributed by atoms with E-state index in [4.69, 9.17) is 17.3 Å². The Balaban J connectivity index is 2.63. The number of thiazole rings is 1. The van der Waals surface area contributed by atoms with Crippen LogP contribution in [0.15, 0.2) is 28.5 Å². The molecule has 1 aromatic carbocycles. The zero-order valence-electron chi connectivity index (χ0n) is 11.1. The Kier molecular flexibility index (Phi) is 4.49. The van der Waals surface area contributed by atoms with Crippen LogP contribution in [0.2, 0.25) is 5.02 Å². The van der Waals surface area contributed by atoms with Crippen LogP contribution >= 0.6 is 22.9 Å². The van der Waals surface area contributed by atoms with Gasteiger partial charge in [-0.15, -0.1) is 11.3 Å². The van der Waals surface area contributed by atoms with E-state index in [0.717, 1.165) is 5.01 Å². The largest absolute Gasteiger partial charge is 0.322 e. The molecule has 0 amide bonds. The van der Waals surface area contributed by atoms with Crippen LogP contribution in [-0.2, 0) is 9.84 Å². The van der Waals surface area contributed by atoms with E-state index < -0.39 is 9.84 Å². The van der Waals surface area contributed by atoms with Crippen LogP contribution in [0, 0.1) is 0 Å². The van der Waals surface area contributed by atoms with E-state index in [-0.39, 0.29) is 16.7 Å². The number of aromatic nitrogens is 1. The molecule has 2 N–H and O–H groups in total. The van der Waals surface area contributed by atoms with Gasteiger partial charge in [0.2, 0.25) is 0 Å². The second-order valence-corrected chi connectivity index (χ2v) is 7.98. The van der Waals surface area contributed by atoms with Gasteiger partial charge in [0.1, 0.15) is 5.01 Å². The molecule has 2 rings (SSSR count). The first-order valence-corrected chi connectivity index (χ1v) is 9.00. The molecule has 1 unspecified atom stereocenters. The first-order valence-electron chi connectivity index (χ1n) is 6.09. The monoisotopic (exact) mass is 330 g/mol. The highest BCUT2D eigenvalue weighted by atomic mass is 35.5. The van der Waals surface area contributed by atoms with Gasteiger partial charge in [-0.3, -0.25) is 0 Å². The summed E-state index contributed by atoms with van der Waals surface area (Å²) in [6.07, 6.45) is 0. The van der Waals surface area contributed by atoms with Gasteiger partial charge in [0.15, 0.2) is 9.84 Å². The third-order valence-electron chi connectivity index (χ3n) is 2.84. The molecule has 0 aliphatic carbocycles. The van der Waals surface area contributed by atoms with E-state index in [1.54, 1.807) is 24.4 Å². The fourth-order valence-corrected chi connectivity index (χ4v) is 3.78. The fraction of sp³-hybridized carbons (Fsp3) is 0.308. The van der Waals surface area contributed by atoms with Crippen molar-refractivity contribution in [3.05, 3.63) is 33.6 Å². The summed E-state index contributed by atoms with van der Waals surface area (Å²) >= 11 is 7.40. The predicted octanol–water partition coefficient (Wildman–Crippen LogP) is 3.28. The molecule has 2 aromatic rings. The quantitative estimate of drug-likeness (QED) is 0.933. The summed E-state index contributed by atoms with van der Waals surface area (Å²) in [4.78, 5) is 4.66. The standard InChI is InChI=1S/C13H15ClN2O2S2/c1-3-20(17,18)12-5-4-9(14)6-10(12)11-7-19-13(16-11)8(2)15/h4-8H,3,15H2,1-2H3. The normalized spacial score (nSPS) is 13.4. The smallest absolute Gasteiger partial charge is 0.178 e. The fourth-order valence-electron chi connectivity index (χ4n) is 1.75. The predicted molar refractivity (Wildman–Crippen MR) is 82.9 cm³/mol. The van der Waals surface area contributed by atoms with Crippen molar-refractivity contribution in [1.82, 2.24) is 4.98 Å². The Morgan fingerprint density at radius 3 is 2.70 bits per heavy atom. The molecule has 0 bridgehead atoms. The number of rotatable bonds is 4. The molecule has 7 heteroatoms. The van der Waals surface area contributed by atoms with E-state index in [1.165, 1.54) is 17.4 Å². The number of halogens is 1. The molecule has 0 fully saturated rings. The summed E-state index contributed by atoms with van der Waals surface area (Å²) in [6.45, 7) is 3.45. The van der Waals surface area contributed by atoms with Crippen molar-refractivity contribution in [3.63, 3.8) is 0 Å². The van der Waals surface area contributed by atoms with Gasteiger partial charge < -0.3 is 5.73 Å². The molecule has 0 spiro atoms. The molecule has 0 aliphatic rings. The lowest BCUT2D eigenvalue weighted by Gasteiger charge is -2.08. The van der Waals surface area contributed by atoms with Crippen molar-refractivity contribution in [2.75, 3.05) is 5.75 Å². The first-order chi connectivity index (χ1) is 9.35. The molecule has 4 nitrogen and oxygen atoms in total. The molecule has 0 saturated carbocycles. The summed E-state index contributed by atoms with van der Waals surface area (Å²) in [5.74, 6) is 0.0336. The molecule has 1 heterocycles. The van der Waals surface area contributed by atoms with Crippen LogP contribution in [0.5, 0.6) is 0 Å². The van der Waals surface area contributed by atoms with Crippen LogP contribution < -0.4 is 5.73 Å². The molecular formula is C13H15ClN2O2S2. The van der Waals surface area contributed by atoms with Crippen LogP contribution in [0.25, 0.3) is 11.3 Å². The lowest BCUT2D eigenvalue weighted by Crippen LogP contribution is -2.06. The Morgan fingerprint density at radius 2 is 2.15 bits per heavy atom. The summed E-state index contributed by atoms with van der Waals surface area (Å²) < 4.78 is 24.3. The van der Waals surface area contributed by atoms with Crippen molar-refractivity contribution < 1.29 is 8.42 Å². The van der Waals surface area contributed by atoms with E-state index in [0.29, 0.717) is 16.3 Å². The maximum Gasteiger partial charge on any atom is 0.178 e. The van der Waals surface area contributed by atoms with Gasteiger partial charge in [-0.1, -0.05) is 18.5 Å². The van der Waals surface area contributed by atoms with E-state index >= 15 is 0 Å². The highest BCUT2D eigenvalue weighted by Crippen LogP contribution is 2.32. The Morgan fingerprint density at radius 1 is 1.45 bits per heavy atom. The molecular weight excluding hydrogens is 316 g/mol. The number of benzene rings is 1. The van der Waals surface area contributed by atoms with Gasteiger partial charge in [-0.05, 0) is 25.1 Å². The molecule has 0 aliphatic heterocycles. The van der Waals surface area contributed by atoms with Crippen LogP contribution in [0.1, 0.15) is 24.9 Å². The van der Waals surface area contributed by atoms with E-state index in [2.05, 4.69) is 4.98 Å². The minimum atomic E-state index is -3.33. The summed E-state index contributed by atoms with van der Waals surface area (Å²) in [5, 5.41) is 3.05. The lowest BCUT2D eigenvalue weighted by molar-refractivity contribution is 0.597. The minimum Gasteiger partial charge on any atom is -0.322 e. The zero-order chi connectivity index (χ0) is 14.9. The second-order valence-electron chi connectivity index (χ2n) is 4.40.